The molecule has 1 nitrogen and oxygen atoms in total. The fraction of sp³-hybridized carbons (Fsp3) is 0.417. The number of benzene rings is 1. The fourth-order valence-electron chi connectivity index (χ4n) is 1.12. The first-order chi connectivity index (χ1) is 7.54. The molecule has 88 valence electrons. The second kappa shape index (κ2) is 6.53. The molecule has 0 saturated carbocycles. The SMILES string of the molecule is CCC(C)SCC(=O)c1cc(Cl)ccc1Cl. The summed E-state index contributed by atoms with van der Waals surface area (Å²) in [5.41, 5.74) is 0.518. The van der Waals surface area contributed by atoms with Crippen LogP contribution in [0.3, 0.4) is 0 Å². The van der Waals surface area contributed by atoms with Gasteiger partial charge in [-0.1, -0.05) is 37.0 Å². The smallest absolute Gasteiger partial charge is 0.174 e. The largest absolute Gasteiger partial charge is 0.293 e. The van der Waals surface area contributed by atoms with E-state index in [1.54, 1.807) is 30.0 Å². The Labute approximate surface area is 111 Å². The number of carbonyl (C=O) groups excluding carboxylic acids is 1. The molecule has 1 aromatic rings. The lowest BCUT2D eigenvalue weighted by atomic mass is 10.1. The molecule has 0 heterocycles. The molecule has 0 radical (unpaired) electrons. The molecule has 1 atom stereocenters. The maximum Gasteiger partial charge on any atom is 0.174 e. The van der Waals surface area contributed by atoms with E-state index in [0.717, 1.165) is 6.42 Å². The highest BCUT2D eigenvalue weighted by atomic mass is 35.5. The zero-order valence-corrected chi connectivity index (χ0v) is 11.6. The highest BCUT2D eigenvalue weighted by Crippen LogP contribution is 2.23. The van der Waals surface area contributed by atoms with E-state index in [1.165, 1.54) is 0 Å². The monoisotopic (exact) mass is 276 g/mol. The molecular formula is C12H14Cl2OS. The van der Waals surface area contributed by atoms with E-state index in [2.05, 4.69) is 13.8 Å². The van der Waals surface area contributed by atoms with Crippen molar-refractivity contribution in [3.8, 4) is 0 Å². The van der Waals surface area contributed by atoms with Crippen LogP contribution >= 0.6 is 35.0 Å². The van der Waals surface area contributed by atoms with Crippen LogP contribution in [0.1, 0.15) is 30.6 Å². The zero-order valence-electron chi connectivity index (χ0n) is 9.30. The van der Waals surface area contributed by atoms with E-state index >= 15 is 0 Å². The van der Waals surface area contributed by atoms with Crippen LogP contribution in [0.4, 0.5) is 0 Å². The van der Waals surface area contributed by atoms with Crippen molar-refractivity contribution in [2.24, 2.45) is 0 Å². The predicted octanol–water partition coefficient (Wildman–Crippen LogP) is 4.71. The summed E-state index contributed by atoms with van der Waals surface area (Å²) in [6, 6.07) is 4.97. The van der Waals surface area contributed by atoms with Gasteiger partial charge in [0.1, 0.15) is 0 Å². The Kier molecular flexibility index (Phi) is 5.67. The molecule has 16 heavy (non-hydrogen) atoms. The lowest BCUT2D eigenvalue weighted by molar-refractivity contribution is 0.102. The van der Waals surface area contributed by atoms with Gasteiger partial charge in [-0.05, 0) is 24.6 Å². The summed E-state index contributed by atoms with van der Waals surface area (Å²) in [4.78, 5) is 11.9. The van der Waals surface area contributed by atoms with Crippen LogP contribution in [0.25, 0.3) is 0 Å². The number of halogens is 2. The molecule has 0 fully saturated rings. The van der Waals surface area contributed by atoms with Crippen molar-refractivity contribution in [2.45, 2.75) is 25.5 Å². The van der Waals surface area contributed by atoms with E-state index in [4.69, 9.17) is 23.2 Å². The summed E-state index contributed by atoms with van der Waals surface area (Å²) in [5.74, 6) is 0.493. The molecule has 0 aromatic heterocycles. The molecule has 0 spiro atoms. The number of rotatable bonds is 5. The summed E-state index contributed by atoms with van der Waals surface area (Å²) in [6.45, 7) is 4.21. The molecule has 0 aliphatic rings. The van der Waals surface area contributed by atoms with Crippen molar-refractivity contribution in [2.75, 3.05) is 5.75 Å². The molecular weight excluding hydrogens is 263 g/mol. The molecule has 0 aliphatic carbocycles. The summed E-state index contributed by atoms with van der Waals surface area (Å²) in [6.07, 6.45) is 1.06. The topological polar surface area (TPSA) is 17.1 Å². The van der Waals surface area contributed by atoms with Crippen LogP contribution in [0.2, 0.25) is 10.0 Å². The number of hydrogen-bond acceptors (Lipinski definition) is 2. The summed E-state index contributed by atoms with van der Waals surface area (Å²) >= 11 is 13.4. The fourth-order valence-corrected chi connectivity index (χ4v) is 2.35. The van der Waals surface area contributed by atoms with E-state index < -0.39 is 0 Å². The molecule has 1 aromatic carbocycles. The lowest BCUT2D eigenvalue weighted by Crippen LogP contribution is -2.06. The second-order valence-electron chi connectivity index (χ2n) is 3.58. The molecule has 0 saturated heterocycles. The molecule has 0 aliphatic heterocycles. The second-order valence-corrected chi connectivity index (χ2v) is 5.85. The number of thioether (sulfide) groups is 1. The Morgan fingerprint density at radius 1 is 1.44 bits per heavy atom. The predicted molar refractivity (Wildman–Crippen MR) is 73.0 cm³/mol. The first-order valence-electron chi connectivity index (χ1n) is 5.14. The molecule has 1 unspecified atom stereocenters. The van der Waals surface area contributed by atoms with Gasteiger partial charge in [-0.25, -0.2) is 0 Å². The Hall–Kier alpha value is -0.180. The van der Waals surface area contributed by atoms with Gasteiger partial charge in [-0.15, -0.1) is 0 Å². The minimum absolute atomic E-state index is 0.0396. The van der Waals surface area contributed by atoms with E-state index in [0.29, 0.717) is 26.6 Å². The average Bonchev–Trinajstić information content (AvgIpc) is 2.28. The zero-order chi connectivity index (χ0) is 12.1. The van der Waals surface area contributed by atoms with Gasteiger partial charge in [-0.2, -0.15) is 11.8 Å². The average molecular weight is 277 g/mol. The van der Waals surface area contributed by atoms with Crippen LogP contribution in [0.5, 0.6) is 0 Å². The van der Waals surface area contributed by atoms with E-state index in [-0.39, 0.29) is 5.78 Å². The highest BCUT2D eigenvalue weighted by Gasteiger charge is 2.12. The number of ketones is 1. The normalized spacial score (nSPS) is 12.5. The van der Waals surface area contributed by atoms with Crippen molar-refractivity contribution < 1.29 is 4.79 Å². The van der Waals surface area contributed by atoms with Gasteiger partial charge in [0.15, 0.2) is 5.78 Å². The maximum absolute atomic E-state index is 11.9. The van der Waals surface area contributed by atoms with Gasteiger partial charge < -0.3 is 0 Å². The Bertz CT molecular complexity index is 379. The van der Waals surface area contributed by atoms with Gasteiger partial charge in [-0.3, -0.25) is 4.79 Å². The quantitative estimate of drug-likeness (QED) is 0.725. The first-order valence-corrected chi connectivity index (χ1v) is 6.95. The van der Waals surface area contributed by atoms with Crippen LogP contribution in [0.15, 0.2) is 18.2 Å². The molecule has 0 amide bonds. The van der Waals surface area contributed by atoms with Crippen LogP contribution in [-0.2, 0) is 0 Å². The Balaban J connectivity index is 2.69. The Morgan fingerprint density at radius 2 is 2.12 bits per heavy atom. The maximum atomic E-state index is 11.9. The van der Waals surface area contributed by atoms with Crippen molar-refractivity contribution in [3.63, 3.8) is 0 Å². The third kappa shape index (κ3) is 4.00. The third-order valence-electron chi connectivity index (χ3n) is 2.30. The molecule has 0 bridgehead atoms. The van der Waals surface area contributed by atoms with Gasteiger partial charge >= 0.3 is 0 Å². The first kappa shape index (κ1) is 13.9. The van der Waals surface area contributed by atoms with E-state index in [1.807, 2.05) is 0 Å². The summed E-state index contributed by atoms with van der Waals surface area (Å²) < 4.78 is 0. The number of carbonyl (C=O) groups is 1. The molecule has 4 heteroatoms. The summed E-state index contributed by atoms with van der Waals surface area (Å²) in [5, 5.41) is 1.50. The summed E-state index contributed by atoms with van der Waals surface area (Å²) in [7, 11) is 0. The van der Waals surface area contributed by atoms with Gasteiger partial charge in [0.2, 0.25) is 0 Å². The van der Waals surface area contributed by atoms with Crippen molar-refractivity contribution in [1.29, 1.82) is 0 Å². The third-order valence-corrected chi connectivity index (χ3v) is 4.20. The van der Waals surface area contributed by atoms with Crippen LogP contribution in [0, 0.1) is 0 Å². The van der Waals surface area contributed by atoms with Gasteiger partial charge in [0, 0.05) is 15.8 Å². The van der Waals surface area contributed by atoms with Crippen LogP contribution in [-0.4, -0.2) is 16.8 Å². The van der Waals surface area contributed by atoms with E-state index in [9.17, 15) is 4.79 Å². The van der Waals surface area contributed by atoms with Crippen molar-refractivity contribution in [3.05, 3.63) is 33.8 Å². The number of Topliss-reactive ketones (excluding diaryl/α,β-unsaturated/α-hetero) is 1. The highest BCUT2D eigenvalue weighted by molar-refractivity contribution is 8.00. The number of hydrogen-bond donors (Lipinski definition) is 0. The van der Waals surface area contributed by atoms with Gasteiger partial charge in [0.25, 0.3) is 0 Å². The van der Waals surface area contributed by atoms with Gasteiger partial charge in [0.05, 0.1) is 10.8 Å². The van der Waals surface area contributed by atoms with Crippen molar-refractivity contribution in [1.82, 2.24) is 0 Å². The molecule has 0 N–H and O–H groups in total. The minimum Gasteiger partial charge on any atom is -0.293 e. The van der Waals surface area contributed by atoms with Crippen LogP contribution < -0.4 is 0 Å². The van der Waals surface area contributed by atoms with Crippen molar-refractivity contribution >= 4 is 40.7 Å². The lowest BCUT2D eigenvalue weighted by Gasteiger charge is -2.08. The standard InChI is InChI=1S/C12H14Cl2OS/c1-3-8(2)16-7-12(15)10-6-9(13)4-5-11(10)14/h4-6,8H,3,7H2,1-2H3. The Morgan fingerprint density at radius 3 is 2.75 bits per heavy atom. The minimum atomic E-state index is 0.0396. The molecule has 1 rings (SSSR count).